The van der Waals surface area contributed by atoms with E-state index in [0.29, 0.717) is 11.7 Å². The largest absolute Gasteiger partial charge is 0.378 e. The minimum atomic E-state index is 0.493. The highest BCUT2D eigenvalue weighted by Crippen LogP contribution is 2.12. The quantitative estimate of drug-likeness (QED) is 0.830. The van der Waals surface area contributed by atoms with Crippen LogP contribution >= 0.6 is 11.6 Å². The van der Waals surface area contributed by atoms with Gasteiger partial charge in [0.2, 0.25) is 0 Å². The average molecular weight is 251 g/mol. The molecule has 0 amide bonds. The third kappa shape index (κ3) is 3.20. The summed E-state index contributed by atoms with van der Waals surface area (Å²) in [6.07, 6.45) is 6.61. The normalized spacial score (nSPS) is 10.5. The highest BCUT2D eigenvalue weighted by Gasteiger charge is 2.01. The zero-order valence-electron chi connectivity index (χ0n) is 9.73. The summed E-state index contributed by atoms with van der Waals surface area (Å²) < 4.78 is 2.15. The summed E-state index contributed by atoms with van der Waals surface area (Å²) in [6, 6.07) is 3.69. The lowest BCUT2D eigenvalue weighted by atomic mass is 10.4. The molecule has 0 saturated carbocycles. The van der Waals surface area contributed by atoms with Crippen LogP contribution in [0.15, 0.2) is 30.7 Å². The van der Waals surface area contributed by atoms with Crippen molar-refractivity contribution in [1.29, 1.82) is 0 Å². The molecule has 1 N–H and O–H groups in total. The Kier molecular flexibility index (Phi) is 3.98. The van der Waals surface area contributed by atoms with Gasteiger partial charge in [-0.25, -0.2) is 9.97 Å². The van der Waals surface area contributed by atoms with Gasteiger partial charge in [0.1, 0.15) is 11.0 Å². The Hall–Kier alpha value is -1.55. The summed E-state index contributed by atoms with van der Waals surface area (Å²) in [4.78, 5) is 8.26. The van der Waals surface area contributed by atoms with Crippen LogP contribution in [0, 0.1) is 0 Å². The van der Waals surface area contributed by atoms with Gasteiger partial charge < -0.3 is 9.88 Å². The highest BCUT2D eigenvalue weighted by molar-refractivity contribution is 6.29. The molecule has 0 radical (unpaired) electrons. The summed E-state index contributed by atoms with van der Waals surface area (Å²) in [6.45, 7) is 3.83. The number of nitrogens with one attached hydrogen (secondary N) is 1. The van der Waals surface area contributed by atoms with E-state index in [4.69, 9.17) is 11.6 Å². The maximum Gasteiger partial charge on any atom is 0.131 e. The molecule has 2 rings (SSSR count). The molecule has 0 atom stereocenters. The summed E-state index contributed by atoms with van der Waals surface area (Å²) >= 11 is 5.81. The standard InChI is InChI=1S/C12H15ClN4/c1-2-6-17-7-5-15-12(17)9-16-10-3-4-14-11(13)8-10/h3-5,7-8H,2,6,9H2,1H3,(H,14,16). The number of pyridine rings is 1. The maximum absolute atomic E-state index is 5.81. The highest BCUT2D eigenvalue weighted by atomic mass is 35.5. The molecular formula is C12H15ClN4. The van der Waals surface area contributed by atoms with Gasteiger partial charge >= 0.3 is 0 Å². The molecule has 0 aromatic carbocycles. The van der Waals surface area contributed by atoms with Crippen LogP contribution in [0.3, 0.4) is 0 Å². The summed E-state index contributed by atoms with van der Waals surface area (Å²) in [7, 11) is 0. The van der Waals surface area contributed by atoms with Crippen LogP contribution in [0.1, 0.15) is 19.2 Å². The van der Waals surface area contributed by atoms with E-state index < -0.39 is 0 Å². The van der Waals surface area contributed by atoms with E-state index >= 15 is 0 Å². The molecule has 2 aromatic rings. The van der Waals surface area contributed by atoms with E-state index in [0.717, 1.165) is 24.5 Å². The van der Waals surface area contributed by atoms with Crippen molar-refractivity contribution in [2.75, 3.05) is 5.32 Å². The molecule has 17 heavy (non-hydrogen) atoms. The first-order chi connectivity index (χ1) is 8.29. The predicted octanol–water partition coefficient (Wildman–Crippen LogP) is 2.95. The lowest BCUT2D eigenvalue weighted by Gasteiger charge is -2.08. The Labute approximate surface area is 106 Å². The molecule has 2 heterocycles. The van der Waals surface area contributed by atoms with Crippen LogP contribution in [-0.2, 0) is 13.1 Å². The van der Waals surface area contributed by atoms with Crippen LogP contribution in [0.25, 0.3) is 0 Å². The molecule has 0 aliphatic carbocycles. The van der Waals surface area contributed by atoms with Gasteiger partial charge in [0, 0.05) is 30.8 Å². The number of nitrogens with zero attached hydrogens (tertiary/aromatic N) is 3. The minimum absolute atomic E-state index is 0.493. The van der Waals surface area contributed by atoms with E-state index in [1.54, 1.807) is 12.3 Å². The zero-order chi connectivity index (χ0) is 12.1. The maximum atomic E-state index is 5.81. The Balaban J connectivity index is 1.99. The van der Waals surface area contributed by atoms with E-state index in [1.165, 1.54) is 0 Å². The average Bonchev–Trinajstić information content (AvgIpc) is 2.75. The van der Waals surface area contributed by atoms with Gasteiger partial charge in [-0.3, -0.25) is 0 Å². The van der Waals surface area contributed by atoms with Crippen molar-refractivity contribution >= 4 is 17.3 Å². The Bertz CT molecular complexity index is 481. The third-order valence-corrected chi connectivity index (χ3v) is 2.65. The molecule has 4 nitrogen and oxygen atoms in total. The van der Waals surface area contributed by atoms with Crippen molar-refractivity contribution in [3.05, 3.63) is 41.7 Å². The fourth-order valence-corrected chi connectivity index (χ4v) is 1.82. The molecule has 0 spiro atoms. The van der Waals surface area contributed by atoms with Gasteiger partial charge in [0.05, 0.1) is 6.54 Å². The van der Waals surface area contributed by atoms with Gasteiger partial charge in [0.25, 0.3) is 0 Å². The molecular weight excluding hydrogens is 236 g/mol. The van der Waals surface area contributed by atoms with Crippen LogP contribution in [0.2, 0.25) is 5.15 Å². The summed E-state index contributed by atoms with van der Waals surface area (Å²) in [5, 5.41) is 3.77. The topological polar surface area (TPSA) is 42.7 Å². The lowest BCUT2D eigenvalue weighted by Crippen LogP contribution is -2.08. The number of aromatic nitrogens is 3. The number of rotatable bonds is 5. The fraction of sp³-hybridized carbons (Fsp3) is 0.333. The van der Waals surface area contributed by atoms with Crippen molar-refractivity contribution < 1.29 is 0 Å². The molecule has 5 heteroatoms. The number of hydrogen-bond donors (Lipinski definition) is 1. The van der Waals surface area contributed by atoms with Crippen LogP contribution in [0.4, 0.5) is 5.69 Å². The number of imidazole rings is 1. The third-order valence-electron chi connectivity index (χ3n) is 2.44. The van der Waals surface area contributed by atoms with E-state index in [9.17, 15) is 0 Å². The smallest absolute Gasteiger partial charge is 0.131 e. The first-order valence-electron chi connectivity index (χ1n) is 5.65. The number of anilines is 1. The number of halogens is 1. The Morgan fingerprint density at radius 3 is 3.00 bits per heavy atom. The number of aryl methyl sites for hydroxylation is 1. The second kappa shape index (κ2) is 5.68. The molecule has 0 aliphatic rings. The van der Waals surface area contributed by atoms with Gasteiger partial charge in [-0.05, 0) is 18.6 Å². The Morgan fingerprint density at radius 1 is 1.35 bits per heavy atom. The molecule has 2 aromatic heterocycles. The SMILES string of the molecule is CCCn1ccnc1CNc1ccnc(Cl)c1. The molecule has 0 bridgehead atoms. The second-order valence-corrected chi connectivity index (χ2v) is 4.14. The van der Waals surface area contributed by atoms with Gasteiger partial charge in [-0.2, -0.15) is 0 Å². The monoisotopic (exact) mass is 250 g/mol. The van der Waals surface area contributed by atoms with Crippen molar-refractivity contribution in [3.8, 4) is 0 Å². The van der Waals surface area contributed by atoms with Crippen LogP contribution in [-0.4, -0.2) is 14.5 Å². The first-order valence-corrected chi connectivity index (χ1v) is 6.03. The molecule has 0 aliphatic heterocycles. The van der Waals surface area contributed by atoms with Crippen molar-refractivity contribution in [3.63, 3.8) is 0 Å². The van der Waals surface area contributed by atoms with Crippen molar-refractivity contribution in [2.45, 2.75) is 26.4 Å². The molecule has 0 fully saturated rings. The predicted molar refractivity (Wildman–Crippen MR) is 69.1 cm³/mol. The van der Waals surface area contributed by atoms with Crippen molar-refractivity contribution in [1.82, 2.24) is 14.5 Å². The fourth-order valence-electron chi connectivity index (χ4n) is 1.65. The minimum Gasteiger partial charge on any atom is -0.378 e. The van der Waals surface area contributed by atoms with Gasteiger partial charge in [-0.15, -0.1) is 0 Å². The van der Waals surface area contributed by atoms with Crippen LogP contribution < -0.4 is 5.32 Å². The summed E-state index contributed by atoms with van der Waals surface area (Å²) in [5.41, 5.74) is 0.955. The Morgan fingerprint density at radius 2 is 2.24 bits per heavy atom. The number of hydrogen-bond acceptors (Lipinski definition) is 3. The van der Waals surface area contributed by atoms with E-state index in [1.807, 2.05) is 18.5 Å². The van der Waals surface area contributed by atoms with Gasteiger partial charge in [0.15, 0.2) is 0 Å². The molecule has 0 unspecified atom stereocenters. The lowest BCUT2D eigenvalue weighted by molar-refractivity contribution is 0.644. The van der Waals surface area contributed by atoms with Gasteiger partial charge in [-0.1, -0.05) is 18.5 Å². The second-order valence-electron chi connectivity index (χ2n) is 3.76. The molecule has 0 saturated heterocycles. The first kappa shape index (κ1) is 11.9. The van der Waals surface area contributed by atoms with E-state index in [2.05, 4.69) is 26.8 Å². The van der Waals surface area contributed by atoms with Crippen molar-refractivity contribution in [2.24, 2.45) is 0 Å². The summed E-state index contributed by atoms with van der Waals surface area (Å²) in [5.74, 6) is 1.03. The van der Waals surface area contributed by atoms with Crippen LogP contribution in [0.5, 0.6) is 0 Å². The van der Waals surface area contributed by atoms with E-state index in [-0.39, 0.29) is 0 Å². The molecule has 90 valence electrons. The zero-order valence-corrected chi connectivity index (χ0v) is 10.5.